The Morgan fingerprint density at radius 3 is 2.39 bits per heavy atom. The summed E-state index contributed by atoms with van der Waals surface area (Å²) in [5.74, 6) is 0.233. The van der Waals surface area contributed by atoms with E-state index in [1.807, 2.05) is 24.3 Å². The third kappa shape index (κ3) is 4.59. The van der Waals surface area contributed by atoms with Gasteiger partial charge in [-0.15, -0.1) is 0 Å². The Kier molecular flexibility index (Phi) is 4.30. The van der Waals surface area contributed by atoms with Gasteiger partial charge in [0.25, 0.3) is 0 Å². The van der Waals surface area contributed by atoms with Gasteiger partial charge in [0.05, 0.1) is 5.75 Å². The van der Waals surface area contributed by atoms with Crippen molar-refractivity contribution in [3.8, 4) is 0 Å². The molecule has 1 aliphatic rings. The molecule has 0 unspecified atom stereocenters. The van der Waals surface area contributed by atoms with E-state index in [4.69, 9.17) is 11.6 Å². The van der Waals surface area contributed by atoms with Crippen LogP contribution in [-0.4, -0.2) is 37.9 Å². The third-order valence-corrected chi connectivity index (χ3v) is 4.29. The summed E-state index contributed by atoms with van der Waals surface area (Å²) in [6.07, 6.45) is 3.65. The van der Waals surface area contributed by atoms with Gasteiger partial charge in [0.2, 0.25) is 0 Å². The van der Waals surface area contributed by atoms with Crippen LogP contribution in [0.4, 0.5) is 0 Å². The van der Waals surface area contributed by atoms with Gasteiger partial charge in [0.1, 0.15) is 9.84 Å². The van der Waals surface area contributed by atoms with Crippen LogP contribution in [0.15, 0.2) is 24.3 Å². The van der Waals surface area contributed by atoms with Crippen LogP contribution in [0.3, 0.4) is 0 Å². The van der Waals surface area contributed by atoms with E-state index in [-0.39, 0.29) is 5.75 Å². The minimum absolute atomic E-state index is 0.233. The quantitative estimate of drug-likeness (QED) is 0.806. The molecule has 2 rings (SSSR count). The predicted molar refractivity (Wildman–Crippen MR) is 74.6 cm³/mol. The minimum atomic E-state index is -2.89. The average Bonchev–Trinajstić information content (AvgIpc) is 3.09. The van der Waals surface area contributed by atoms with Gasteiger partial charge in [-0.2, -0.15) is 0 Å². The summed E-state index contributed by atoms with van der Waals surface area (Å²) in [6, 6.07) is 8.30. The molecule has 0 amide bonds. The summed E-state index contributed by atoms with van der Waals surface area (Å²) in [5, 5.41) is 0.729. The zero-order valence-corrected chi connectivity index (χ0v) is 12.0. The van der Waals surface area contributed by atoms with E-state index in [1.54, 1.807) is 0 Å². The normalized spacial score (nSPS) is 16.2. The smallest absolute Gasteiger partial charge is 0.148 e. The second-order valence-electron chi connectivity index (χ2n) is 4.96. The lowest BCUT2D eigenvalue weighted by molar-refractivity contribution is 0.270. The molecule has 1 saturated carbocycles. The van der Waals surface area contributed by atoms with E-state index in [0.717, 1.165) is 11.6 Å². The molecule has 0 spiro atoms. The summed E-state index contributed by atoms with van der Waals surface area (Å²) >= 11 is 5.85. The van der Waals surface area contributed by atoms with Crippen molar-refractivity contribution in [1.82, 2.24) is 4.90 Å². The molecule has 3 nitrogen and oxygen atoms in total. The van der Waals surface area contributed by atoms with Gasteiger partial charge in [0, 0.05) is 30.4 Å². The van der Waals surface area contributed by atoms with Gasteiger partial charge in [-0.1, -0.05) is 23.7 Å². The lowest BCUT2D eigenvalue weighted by Gasteiger charge is -2.21. The van der Waals surface area contributed by atoms with E-state index in [9.17, 15) is 8.42 Å². The molecule has 5 heteroatoms. The van der Waals surface area contributed by atoms with Gasteiger partial charge in [-0.05, 0) is 30.5 Å². The Balaban J connectivity index is 1.96. The molecular weight excluding hydrogens is 270 g/mol. The van der Waals surface area contributed by atoms with Gasteiger partial charge >= 0.3 is 0 Å². The second-order valence-corrected chi connectivity index (χ2v) is 7.65. The topological polar surface area (TPSA) is 37.4 Å². The second kappa shape index (κ2) is 5.59. The van der Waals surface area contributed by atoms with Crippen LogP contribution in [0.5, 0.6) is 0 Å². The molecule has 1 aromatic rings. The SMILES string of the molecule is CS(=O)(=O)CCN(Cc1ccc(Cl)cc1)C1CC1. The first-order valence-electron chi connectivity index (χ1n) is 6.10. The van der Waals surface area contributed by atoms with Gasteiger partial charge in [-0.3, -0.25) is 4.90 Å². The number of sulfone groups is 1. The molecule has 1 aromatic carbocycles. The number of rotatable bonds is 6. The summed E-state index contributed by atoms with van der Waals surface area (Å²) in [7, 11) is -2.89. The van der Waals surface area contributed by atoms with E-state index in [2.05, 4.69) is 4.90 Å². The number of benzene rings is 1. The molecule has 100 valence electrons. The number of hydrogen-bond acceptors (Lipinski definition) is 3. The van der Waals surface area contributed by atoms with Crippen molar-refractivity contribution in [3.05, 3.63) is 34.9 Å². The zero-order chi connectivity index (χ0) is 13.2. The zero-order valence-electron chi connectivity index (χ0n) is 10.5. The Morgan fingerprint density at radius 2 is 1.89 bits per heavy atom. The molecule has 0 aromatic heterocycles. The highest BCUT2D eigenvalue weighted by Gasteiger charge is 2.29. The van der Waals surface area contributed by atoms with Crippen LogP contribution in [0.2, 0.25) is 5.02 Å². The van der Waals surface area contributed by atoms with Crippen molar-refractivity contribution >= 4 is 21.4 Å². The standard InChI is InChI=1S/C13H18ClNO2S/c1-18(16,17)9-8-15(13-6-7-13)10-11-2-4-12(14)5-3-11/h2-5,13H,6-10H2,1H3. The van der Waals surface area contributed by atoms with Crippen LogP contribution in [0.25, 0.3) is 0 Å². The van der Waals surface area contributed by atoms with Crippen LogP contribution in [-0.2, 0) is 16.4 Å². The first-order chi connectivity index (χ1) is 8.44. The number of nitrogens with zero attached hydrogens (tertiary/aromatic N) is 1. The predicted octanol–water partition coefficient (Wildman–Crippen LogP) is 2.35. The van der Waals surface area contributed by atoms with Crippen molar-refractivity contribution < 1.29 is 8.42 Å². The summed E-state index contributed by atoms with van der Waals surface area (Å²) in [6.45, 7) is 1.42. The molecule has 1 fully saturated rings. The van der Waals surface area contributed by atoms with Crippen LogP contribution in [0, 0.1) is 0 Å². The molecule has 0 radical (unpaired) electrons. The first kappa shape index (κ1) is 13.8. The fraction of sp³-hybridized carbons (Fsp3) is 0.538. The summed E-state index contributed by atoms with van der Waals surface area (Å²) < 4.78 is 22.5. The fourth-order valence-corrected chi connectivity index (χ4v) is 2.63. The van der Waals surface area contributed by atoms with E-state index >= 15 is 0 Å². The summed E-state index contributed by atoms with van der Waals surface area (Å²) in [5.41, 5.74) is 1.18. The maximum absolute atomic E-state index is 11.2. The summed E-state index contributed by atoms with van der Waals surface area (Å²) in [4.78, 5) is 2.25. The molecule has 18 heavy (non-hydrogen) atoms. The Bertz CT molecular complexity index is 494. The molecule has 0 heterocycles. The van der Waals surface area contributed by atoms with Crippen molar-refractivity contribution in [2.24, 2.45) is 0 Å². The first-order valence-corrected chi connectivity index (χ1v) is 8.54. The largest absolute Gasteiger partial charge is 0.295 e. The Hall–Kier alpha value is -0.580. The fourth-order valence-electron chi connectivity index (χ4n) is 1.94. The lowest BCUT2D eigenvalue weighted by atomic mass is 10.2. The maximum atomic E-state index is 11.2. The van der Waals surface area contributed by atoms with Crippen molar-refractivity contribution in [1.29, 1.82) is 0 Å². The molecule has 0 atom stereocenters. The van der Waals surface area contributed by atoms with E-state index in [1.165, 1.54) is 24.7 Å². The Labute approximate surface area is 114 Å². The average molecular weight is 288 g/mol. The molecule has 0 aliphatic heterocycles. The van der Waals surface area contributed by atoms with Gasteiger partial charge < -0.3 is 0 Å². The molecule has 0 bridgehead atoms. The van der Waals surface area contributed by atoms with Crippen molar-refractivity contribution in [3.63, 3.8) is 0 Å². The number of hydrogen-bond donors (Lipinski definition) is 0. The number of halogens is 1. The van der Waals surface area contributed by atoms with Gasteiger partial charge in [0.15, 0.2) is 0 Å². The monoisotopic (exact) mass is 287 g/mol. The van der Waals surface area contributed by atoms with Gasteiger partial charge in [-0.25, -0.2) is 8.42 Å². The highest BCUT2D eigenvalue weighted by atomic mass is 35.5. The molecule has 0 saturated heterocycles. The minimum Gasteiger partial charge on any atom is -0.295 e. The molecular formula is C13H18ClNO2S. The molecule has 0 N–H and O–H groups in total. The van der Waals surface area contributed by atoms with Crippen molar-refractivity contribution in [2.75, 3.05) is 18.6 Å². The third-order valence-electron chi connectivity index (χ3n) is 3.11. The van der Waals surface area contributed by atoms with E-state index in [0.29, 0.717) is 12.6 Å². The van der Waals surface area contributed by atoms with Crippen LogP contribution >= 0.6 is 11.6 Å². The van der Waals surface area contributed by atoms with Crippen LogP contribution in [0.1, 0.15) is 18.4 Å². The highest BCUT2D eigenvalue weighted by Crippen LogP contribution is 2.28. The lowest BCUT2D eigenvalue weighted by Crippen LogP contribution is -2.30. The highest BCUT2D eigenvalue weighted by molar-refractivity contribution is 7.90. The van der Waals surface area contributed by atoms with Crippen molar-refractivity contribution in [2.45, 2.75) is 25.4 Å². The Morgan fingerprint density at radius 1 is 1.28 bits per heavy atom. The molecule has 1 aliphatic carbocycles. The van der Waals surface area contributed by atoms with Crippen LogP contribution < -0.4 is 0 Å². The maximum Gasteiger partial charge on any atom is 0.148 e. The van der Waals surface area contributed by atoms with E-state index < -0.39 is 9.84 Å².